The predicted octanol–water partition coefficient (Wildman–Crippen LogP) is 2.10. The van der Waals surface area contributed by atoms with Crippen LogP contribution in [0.5, 0.6) is 0 Å². The molecule has 0 unspecified atom stereocenters. The van der Waals surface area contributed by atoms with Crippen LogP contribution in [0.25, 0.3) is 0 Å². The summed E-state index contributed by atoms with van der Waals surface area (Å²) in [6, 6.07) is 5.60. The fourth-order valence-corrected chi connectivity index (χ4v) is 2.98. The lowest BCUT2D eigenvalue weighted by atomic mass is 9.97. The highest BCUT2D eigenvalue weighted by molar-refractivity contribution is 5.41. The molecular formula is C15H22N2. The number of nitrogens with one attached hydrogen (secondary N) is 1. The zero-order chi connectivity index (χ0) is 11.8. The summed E-state index contributed by atoms with van der Waals surface area (Å²) in [5.74, 6) is 0. The molecule has 0 saturated heterocycles. The lowest BCUT2D eigenvalue weighted by molar-refractivity contribution is 0.227. The third kappa shape index (κ3) is 2.12. The molecule has 1 aromatic rings. The SMILES string of the molecule is CC(C)N1Cc2cc3c(cc2C1)CCNCC3. The largest absolute Gasteiger partial charge is 0.316 e. The molecule has 17 heavy (non-hydrogen) atoms. The molecule has 0 bridgehead atoms. The highest BCUT2D eigenvalue weighted by atomic mass is 15.2. The van der Waals surface area contributed by atoms with E-state index in [1.807, 2.05) is 0 Å². The minimum absolute atomic E-state index is 0.656. The molecule has 2 aliphatic rings. The number of rotatable bonds is 1. The van der Waals surface area contributed by atoms with Crippen molar-refractivity contribution in [3.63, 3.8) is 0 Å². The molecule has 1 N–H and O–H groups in total. The van der Waals surface area contributed by atoms with Gasteiger partial charge in [0.1, 0.15) is 0 Å². The first-order valence-corrected chi connectivity index (χ1v) is 6.82. The molecule has 2 heteroatoms. The number of fused-ring (bicyclic) bond motifs is 2. The second-order valence-corrected chi connectivity index (χ2v) is 5.64. The monoisotopic (exact) mass is 230 g/mol. The van der Waals surface area contributed by atoms with Gasteiger partial charge in [-0.1, -0.05) is 12.1 Å². The predicted molar refractivity (Wildman–Crippen MR) is 71.1 cm³/mol. The Hall–Kier alpha value is -0.860. The summed E-state index contributed by atoms with van der Waals surface area (Å²) in [5.41, 5.74) is 6.30. The number of hydrogen-bond acceptors (Lipinski definition) is 2. The van der Waals surface area contributed by atoms with Crippen LogP contribution in [0.1, 0.15) is 36.1 Å². The Balaban J connectivity index is 1.92. The van der Waals surface area contributed by atoms with E-state index in [9.17, 15) is 0 Å². The molecule has 0 aliphatic carbocycles. The van der Waals surface area contributed by atoms with Crippen LogP contribution in [-0.2, 0) is 25.9 Å². The summed E-state index contributed by atoms with van der Waals surface area (Å²) in [6.45, 7) is 9.16. The topological polar surface area (TPSA) is 15.3 Å². The smallest absolute Gasteiger partial charge is 0.0243 e. The molecule has 0 fully saturated rings. The average molecular weight is 230 g/mol. The molecule has 0 amide bonds. The Morgan fingerprint density at radius 2 is 1.47 bits per heavy atom. The summed E-state index contributed by atoms with van der Waals surface area (Å²) in [4.78, 5) is 2.56. The molecule has 0 saturated carbocycles. The molecular weight excluding hydrogens is 208 g/mol. The van der Waals surface area contributed by atoms with Crippen LogP contribution in [0, 0.1) is 0 Å². The van der Waals surface area contributed by atoms with Crippen LogP contribution in [0.2, 0.25) is 0 Å². The highest BCUT2D eigenvalue weighted by Crippen LogP contribution is 2.28. The van der Waals surface area contributed by atoms with Crippen molar-refractivity contribution in [1.82, 2.24) is 10.2 Å². The van der Waals surface area contributed by atoms with Gasteiger partial charge in [0.25, 0.3) is 0 Å². The van der Waals surface area contributed by atoms with Gasteiger partial charge < -0.3 is 5.32 Å². The Morgan fingerprint density at radius 3 is 1.94 bits per heavy atom. The molecule has 3 rings (SSSR count). The van der Waals surface area contributed by atoms with Crippen molar-refractivity contribution < 1.29 is 0 Å². The first kappa shape index (κ1) is 11.2. The van der Waals surface area contributed by atoms with E-state index in [0.717, 1.165) is 26.2 Å². The molecule has 0 atom stereocenters. The van der Waals surface area contributed by atoms with E-state index < -0.39 is 0 Å². The fraction of sp³-hybridized carbons (Fsp3) is 0.600. The van der Waals surface area contributed by atoms with Gasteiger partial charge in [-0.3, -0.25) is 4.90 Å². The van der Waals surface area contributed by atoms with Gasteiger partial charge in [-0.2, -0.15) is 0 Å². The minimum Gasteiger partial charge on any atom is -0.316 e. The fourth-order valence-electron chi connectivity index (χ4n) is 2.98. The normalized spacial score (nSPS) is 20.2. The summed E-state index contributed by atoms with van der Waals surface area (Å²) in [6.07, 6.45) is 2.40. The van der Waals surface area contributed by atoms with Crippen LogP contribution in [-0.4, -0.2) is 24.0 Å². The maximum absolute atomic E-state index is 3.49. The van der Waals surface area contributed by atoms with Crippen molar-refractivity contribution in [2.45, 2.75) is 45.8 Å². The second-order valence-electron chi connectivity index (χ2n) is 5.64. The van der Waals surface area contributed by atoms with Crippen molar-refractivity contribution in [1.29, 1.82) is 0 Å². The van der Waals surface area contributed by atoms with Crippen molar-refractivity contribution in [2.75, 3.05) is 13.1 Å². The van der Waals surface area contributed by atoms with Gasteiger partial charge in [0, 0.05) is 19.1 Å². The van der Waals surface area contributed by atoms with Crippen LogP contribution in [0.4, 0.5) is 0 Å². The van der Waals surface area contributed by atoms with Gasteiger partial charge in [-0.05, 0) is 62.0 Å². The van der Waals surface area contributed by atoms with E-state index in [4.69, 9.17) is 0 Å². The van der Waals surface area contributed by atoms with E-state index in [0.29, 0.717) is 6.04 Å². The summed E-state index contributed by atoms with van der Waals surface area (Å²) < 4.78 is 0. The zero-order valence-corrected chi connectivity index (χ0v) is 10.9. The summed E-state index contributed by atoms with van der Waals surface area (Å²) in [5, 5.41) is 3.49. The Morgan fingerprint density at radius 1 is 0.941 bits per heavy atom. The van der Waals surface area contributed by atoms with E-state index in [1.165, 1.54) is 12.8 Å². The number of nitrogens with zero attached hydrogens (tertiary/aromatic N) is 1. The number of hydrogen-bond donors (Lipinski definition) is 1. The number of benzene rings is 1. The van der Waals surface area contributed by atoms with E-state index >= 15 is 0 Å². The van der Waals surface area contributed by atoms with Crippen LogP contribution in [0.15, 0.2) is 12.1 Å². The average Bonchev–Trinajstić information content (AvgIpc) is 2.58. The van der Waals surface area contributed by atoms with Crippen LogP contribution < -0.4 is 5.32 Å². The summed E-state index contributed by atoms with van der Waals surface area (Å²) in [7, 11) is 0. The Kier molecular flexibility index (Phi) is 2.93. The van der Waals surface area contributed by atoms with Gasteiger partial charge in [-0.15, -0.1) is 0 Å². The van der Waals surface area contributed by atoms with Crippen molar-refractivity contribution >= 4 is 0 Å². The lowest BCUT2D eigenvalue weighted by Crippen LogP contribution is -2.24. The molecule has 0 radical (unpaired) electrons. The zero-order valence-electron chi connectivity index (χ0n) is 10.9. The molecule has 2 nitrogen and oxygen atoms in total. The Bertz CT molecular complexity index is 388. The van der Waals surface area contributed by atoms with Crippen molar-refractivity contribution in [2.24, 2.45) is 0 Å². The van der Waals surface area contributed by atoms with Crippen molar-refractivity contribution in [3.05, 3.63) is 34.4 Å². The van der Waals surface area contributed by atoms with Crippen molar-refractivity contribution in [3.8, 4) is 0 Å². The molecule has 1 aromatic carbocycles. The van der Waals surface area contributed by atoms with Crippen LogP contribution >= 0.6 is 0 Å². The standard InChI is InChI=1S/C15H22N2/c1-11(2)17-9-14-7-12-3-5-16-6-4-13(12)8-15(14)10-17/h7-8,11,16H,3-6,9-10H2,1-2H3. The second kappa shape index (κ2) is 4.43. The van der Waals surface area contributed by atoms with E-state index in [1.54, 1.807) is 22.3 Å². The van der Waals surface area contributed by atoms with Gasteiger partial charge >= 0.3 is 0 Å². The highest BCUT2D eigenvalue weighted by Gasteiger charge is 2.22. The van der Waals surface area contributed by atoms with Gasteiger partial charge in [0.2, 0.25) is 0 Å². The first-order chi connectivity index (χ1) is 8.24. The lowest BCUT2D eigenvalue weighted by Gasteiger charge is -2.18. The van der Waals surface area contributed by atoms with Crippen LogP contribution in [0.3, 0.4) is 0 Å². The quantitative estimate of drug-likeness (QED) is 0.795. The molecule has 2 heterocycles. The molecule has 0 spiro atoms. The molecule has 0 aromatic heterocycles. The maximum Gasteiger partial charge on any atom is 0.0243 e. The Labute approximate surface area is 104 Å². The molecule has 2 aliphatic heterocycles. The maximum atomic E-state index is 3.49. The summed E-state index contributed by atoms with van der Waals surface area (Å²) >= 11 is 0. The third-order valence-corrected chi connectivity index (χ3v) is 4.14. The van der Waals surface area contributed by atoms with Gasteiger partial charge in [0.15, 0.2) is 0 Å². The van der Waals surface area contributed by atoms with E-state index in [-0.39, 0.29) is 0 Å². The first-order valence-electron chi connectivity index (χ1n) is 6.82. The minimum atomic E-state index is 0.656. The van der Waals surface area contributed by atoms with Gasteiger partial charge in [0.05, 0.1) is 0 Å². The van der Waals surface area contributed by atoms with E-state index in [2.05, 4.69) is 36.2 Å². The third-order valence-electron chi connectivity index (χ3n) is 4.14. The van der Waals surface area contributed by atoms with Gasteiger partial charge in [-0.25, -0.2) is 0 Å². The molecule has 92 valence electrons.